The molecule has 0 radical (unpaired) electrons. The van der Waals surface area contributed by atoms with Crippen molar-refractivity contribution in [2.75, 3.05) is 5.32 Å². The number of aromatic amines is 1. The molecule has 7 heteroatoms. The molecule has 4 rings (SSSR count). The van der Waals surface area contributed by atoms with Crippen molar-refractivity contribution in [3.63, 3.8) is 0 Å². The number of thioether (sulfide) groups is 1. The molecule has 28 heavy (non-hydrogen) atoms. The van der Waals surface area contributed by atoms with Crippen molar-refractivity contribution in [3.05, 3.63) is 71.4 Å². The molecule has 2 N–H and O–H groups in total. The fraction of sp³-hybridized carbons (Fsp3) is 0.190. The van der Waals surface area contributed by atoms with Gasteiger partial charge in [0, 0.05) is 29.3 Å². The highest BCUT2D eigenvalue weighted by molar-refractivity contribution is 8.00. The lowest BCUT2D eigenvalue weighted by molar-refractivity contribution is -0.116. The van der Waals surface area contributed by atoms with E-state index in [2.05, 4.69) is 57.8 Å². The number of aromatic nitrogens is 3. The third kappa shape index (κ3) is 4.61. The quantitative estimate of drug-likeness (QED) is 0.326. The van der Waals surface area contributed by atoms with Gasteiger partial charge in [0.2, 0.25) is 11.0 Å². The van der Waals surface area contributed by atoms with Gasteiger partial charge in [-0.1, -0.05) is 71.1 Å². The summed E-state index contributed by atoms with van der Waals surface area (Å²) in [6.45, 7) is 2.08. The van der Waals surface area contributed by atoms with Crippen molar-refractivity contribution < 1.29 is 4.79 Å². The van der Waals surface area contributed by atoms with Crippen LogP contribution in [0.15, 0.2) is 59.1 Å². The Balaban J connectivity index is 1.28. The van der Waals surface area contributed by atoms with Gasteiger partial charge in [-0.3, -0.25) is 4.79 Å². The van der Waals surface area contributed by atoms with Crippen LogP contribution in [0.1, 0.15) is 23.1 Å². The van der Waals surface area contributed by atoms with Crippen LogP contribution < -0.4 is 5.32 Å². The molecule has 0 aliphatic heterocycles. The zero-order chi connectivity index (χ0) is 19.3. The third-order valence-corrected chi connectivity index (χ3v) is 6.48. The van der Waals surface area contributed by atoms with Crippen LogP contribution in [0.4, 0.5) is 5.13 Å². The van der Waals surface area contributed by atoms with Gasteiger partial charge in [-0.25, -0.2) is 0 Å². The van der Waals surface area contributed by atoms with Crippen LogP contribution in [-0.4, -0.2) is 21.1 Å². The van der Waals surface area contributed by atoms with Crippen LogP contribution in [0.25, 0.3) is 10.9 Å². The molecule has 2 aromatic carbocycles. The van der Waals surface area contributed by atoms with E-state index in [-0.39, 0.29) is 5.91 Å². The number of carbonyl (C=O) groups excluding carboxylic acids is 1. The number of para-hydroxylation sites is 1. The van der Waals surface area contributed by atoms with Crippen LogP contribution >= 0.6 is 23.1 Å². The lowest BCUT2D eigenvalue weighted by Gasteiger charge is -2.01. The topological polar surface area (TPSA) is 70.7 Å². The molecule has 0 spiro atoms. The molecule has 0 unspecified atom stereocenters. The lowest BCUT2D eigenvalue weighted by Crippen LogP contribution is -2.12. The van der Waals surface area contributed by atoms with E-state index < -0.39 is 0 Å². The second-order valence-electron chi connectivity index (χ2n) is 6.56. The van der Waals surface area contributed by atoms with E-state index >= 15 is 0 Å². The van der Waals surface area contributed by atoms with Crippen molar-refractivity contribution in [2.45, 2.75) is 29.9 Å². The predicted molar refractivity (Wildman–Crippen MR) is 116 cm³/mol. The minimum atomic E-state index is -0.0449. The average Bonchev–Trinajstić information content (AvgIpc) is 3.33. The van der Waals surface area contributed by atoms with Gasteiger partial charge >= 0.3 is 0 Å². The minimum Gasteiger partial charge on any atom is -0.361 e. The number of anilines is 1. The summed E-state index contributed by atoms with van der Waals surface area (Å²) in [6.07, 6.45) is 3.07. The second-order valence-corrected chi connectivity index (χ2v) is 8.76. The first-order valence-electron chi connectivity index (χ1n) is 9.04. The molecule has 5 nitrogen and oxygen atoms in total. The number of benzene rings is 2. The summed E-state index contributed by atoms with van der Waals surface area (Å²) in [5.74, 6) is 0.792. The maximum absolute atomic E-state index is 12.3. The molecule has 1 amide bonds. The summed E-state index contributed by atoms with van der Waals surface area (Å²) < 4.78 is 0.854. The standard InChI is InChI=1S/C21H20N4OS2/c1-14-6-8-15(9-7-14)13-27-21-25-24-20(28-21)23-19(26)11-10-16-12-22-18-5-3-2-4-17(16)18/h2-9,12,22H,10-11,13H2,1H3,(H,23,24,26). The molecule has 2 heterocycles. The normalized spacial score (nSPS) is 11.0. The Labute approximate surface area is 171 Å². The molecule has 4 aromatic rings. The molecule has 0 fully saturated rings. The largest absolute Gasteiger partial charge is 0.361 e. The highest BCUT2D eigenvalue weighted by Gasteiger charge is 2.10. The Hall–Kier alpha value is -2.64. The van der Waals surface area contributed by atoms with E-state index in [0.29, 0.717) is 18.0 Å². The number of nitrogens with one attached hydrogen (secondary N) is 2. The van der Waals surface area contributed by atoms with Crippen LogP contribution in [0.3, 0.4) is 0 Å². The first-order chi connectivity index (χ1) is 13.7. The summed E-state index contributed by atoms with van der Waals surface area (Å²) in [7, 11) is 0. The predicted octanol–water partition coefficient (Wildman–Crippen LogP) is 5.19. The summed E-state index contributed by atoms with van der Waals surface area (Å²) in [5.41, 5.74) is 4.74. The second kappa shape index (κ2) is 8.58. The van der Waals surface area contributed by atoms with E-state index in [1.807, 2.05) is 24.4 Å². The first kappa shape index (κ1) is 18.7. The van der Waals surface area contributed by atoms with E-state index in [1.54, 1.807) is 11.8 Å². The van der Waals surface area contributed by atoms with Crippen molar-refractivity contribution in [2.24, 2.45) is 0 Å². The number of fused-ring (bicyclic) bond motifs is 1. The molecule has 0 atom stereocenters. The monoisotopic (exact) mass is 408 g/mol. The van der Waals surface area contributed by atoms with Crippen molar-refractivity contribution >= 4 is 45.0 Å². The van der Waals surface area contributed by atoms with Gasteiger partial charge in [0.25, 0.3) is 0 Å². The van der Waals surface area contributed by atoms with Crippen molar-refractivity contribution in [1.29, 1.82) is 0 Å². The number of hydrogen-bond acceptors (Lipinski definition) is 5. The number of H-pyrrole nitrogens is 1. The molecular formula is C21H20N4OS2. The third-order valence-electron chi connectivity index (χ3n) is 4.43. The zero-order valence-electron chi connectivity index (χ0n) is 15.4. The zero-order valence-corrected chi connectivity index (χ0v) is 17.1. The number of aryl methyl sites for hydroxylation is 2. The molecule has 0 aliphatic carbocycles. The van der Waals surface area contributed by atoms with Crippen molar-refractivity contribution in [3.8, 4) is 0 Å². The van der Waals surface area contributed by atoms with E-state index in [1.165, 1.54) is 27.8 Å². The molecule has 0 saturated heterocycles. The average molecular weight is 409 g/mol. The summed E-state index contributed by atoms with van der Waals surface area (Å²) >= 11 is 3.04. The van der Waals surface area contributed by atoms with Crippen LogP contribution in [0.5, 0.6) is 0 Å². The SMILES string of the molecule is Cc1ccc(CSc2nnc(NC(=O)CCc3c[nH]c4ccccc34)s2)cc1. The number of amides is 1. The highest BCUT2D eigenvalue weighted by Crippen LogP contribution is 2.28. The fourth-order valence-electron chi connectivity index (χ4n) is 2.92. The van der Waals surface area contributed by atoms with Crippen LogP contribution in [0, 0.1) is 6.92 Å². The summed E-state index contributed by atoms with van der Waals surface area (Å²) in [4.78, 5) is 15.5. The number of hydrogen-bond donors (Lipinski definition) is 2. The smallest absolute Gasteiger partial charge is 0.226 e. The van der Waals surface area contributed by atoms with Gasteiger partial charge in [0.05, 0.1) is 0 Å². The molecule has 142 valence electrons. The summed E-state index contributed by atoms with van der Waals surface area (Å²) in [5, 5.41) is 12.8. The Kier molecular flexibility index (Phi) is 5.73. The first-order valence-corrected chi connectivity index (χ1v) is 10.8. The Bertz CT molecular complexity index is 1090. The maximum Gasteiger partial charge on any atom is 0.226 e. The van der Waals surface area contributed by atoms with Crippen LogP contribution in [-0.2, 0) is 17.0 Å². The van der Waals surface area contributed by atoms with Crippen molar-refractivity contribution in [1.82, 2.24) is 15.2 Å². The number of carbonyl (C=O) groups is 1. The lowest BCUT2D eigenvalue weighted by atomic mass is 10.1. The van der Waals surface area contributed by atoms with Gasteiger partial charge in [0.1, 0.15) is 0 Å². The molecule has 0 bridgehead atoms. The van der Waals surface area contributed by atoms with Gasteiger partial charge in [-0.15, -0.1) is 10.2 Å². The molecule has 0 aliphatic rings. The van der Waals surface area contributed by atoms with Gasteiger partial charge in [0.15, 0.2) is 4.34 Å². The molecule has 0 saturated carbocycles. The highest BCUT2D eigenvalue weighted by atomic mass is 32.2. The number of rotatable bonds is 7. The summed E-state index contributed by atoms with van der Waals surface area (Å²) in [6, 6.07) is 16.6. The maximum atomic E-state index is 12.3. The van der Waals surface area contributed by atoms with Gasteiger partial charge < -0.3 is 10.3 Å². The van der Waals surface area contributed by atoms with Gasteiger partial charge in [-0.2, -0.15) is 0 Å². The molecule has 2 aromatic heterocycles. The molecular weight excluding hydrogens is 388 g/mol. The number of nitrogens with zero attached hydrogens (tertiary/aromatic N) is 2. The Morgan fingerprint density at radius 3 is 2.82 bits per heavy atom. The van der Waals surface area contributed by atoms with E-state index in [4.69, 9.17) is 0 Å². The Morgan fingerprint density at radius 1 is 1.14 bits per heavy atom. The Morgan fingerprint density at radius 2 is 1.96 bits per heavy atom. The minimum absolute atomic E-state index is 0.0449. The van der Waals surface area contributed by atoms with Crippen LogP contribution in [0.2, 0.25) is 0 Å². The van der Waals surface area contributed by atoms with Gasteiger partial charge in [-0.05, 0) is 30.5 Å². The fourth-order valence-corrected chi connectivity index (χ4v) is 4.64. The van der Waals surface area contributed by atoms with E-state index in [0.717, 1.165) is 21.2 Å². The van der Waals surface area contributed by atoms with E-state index in [9.17, 15) is 4.79 Å².